The number of nitrogens with one attached hydrogen (secondary N) is 1. The second-order valence-corrected chi connectivity index (χ2v) is 5.56. The summed E-state index contributed by atoms with van der Waals surface area (Å²) >= 11 is 6.09. The fourth-order valence-electron chi connectivity index (χ4n) is 2.00. The summed E-state index contributed by atoms with van der Waals surface area (Å²) < 4.78 is 15.2. The van der Waals surface area contributed by atoms with Crippen LogP contribution in [0.3, 0.4) is 0 Å². The van der Waals surface area contributed by atoms with Crippen LogP contribution < -0.4 is 5.32 Å². The first-order chi connectivity index (χ1) is 9.47. The van der Waals surface area contributed by atoms with Gasteiger partial charge in [-0.1, -0.05) is 31.5 Å². The fourth-order valence-corrected chi connectivity index (χ4v) is 2.23. The van der Waals surface area contributed by atoms with Crippen LogP contribution in [-0.4, -0.2) is 15.6 Å². The molecule has 0 fully saturated rings. The number of halogens is 2. The lowest BCUT2D eigenvalue weighted by Crippen LogP contribution is -2.23. The van der Waals surface area contributed by atoms with E-state index in [1.54, 1.807) is 6.07 Å². The lowest BCUT2D eigenvalue weighted by atomic mass is 10.2. The van der Waals surface area contributed by atoms with Gasteiger partial charge in [-0.15, -0.1) is 0 Å². The molecule has 3 nitrogen and oxygen atoms in total. The zero-order chi connectivity index (χ0) is 14.7. The first kappa shape index (κ1) is 15.0. The van der Waals surface area contributed by atoms with Crippen molar-refractivity contribution >= 4 is 11.6 Å². The van der Waals surface area contributed by atoms with Gasteiger partial charge in [0.15, 0.2) is 0 Å². The number of aryl methyl sites for hydroxylation is 1. The van der Waals surface area contributed by atoms with Crippen LogP contribution in [0, 0.1) is 12.7 Å². The van der Waals surface area contributed by atoms with Crippen LogP contribution in [0.15, 0.2) is 24.4 Å². The number of benzene rings is 1. The van der Waals surface area contributed by atoms with Crippen molar-refractivity contribution in [3.05, 3.63) is 52.3 Å². The molecule has 2 aromatic rings. The summed E-state index contributed by atoms with van der Waals surface area (Å²) in [6.07, 6.45) is 1.86. The summed E-state index contributed by atoms with van der Waals surface area (Å²) in [6, 6.07) is 4.90. The average Bonchev–Trinajstić information content (AvgIpc) is 2.71. The summed E-state index contributed by atoms with van der Waals surface area (Å²) in [6.45, 7) is 7.50. The van der Waals surface area contributed by atoms with Crippen molar-refractivity contribution in [3.63, 3.8) is 0 Å². The predicted octanol–water partition coefficient (Wildman–Crippen LogP) is 3.53. The zero-order valence-electron chi connectivity index (χ0n) is 12.0. The molecule has 1 aromatic carbocycles. The van der Waals surface area contributed by atoms with Crippen molar-refractivity contribution in [3.8, 4) is 0 Å². The average molecular weight is 296 g/mol. The molecule has 1 heterocycles. The minimum atomic E-state index is -0.317. The minimum Gasteiger partial charge on any atom is -0.327 e. The first-order valence-electron chi connectivity index (χ1n) is 6.65. The molecule has 20 heavy (non-hydrogen) atoms. The standard InChI is InChI=1S/C15H19ClFN3/c1-10(2)18-7-14-8-19-11(3)20(14)9-12-4-5-13(17)6-15(12)16/h4-6,8,10,18H,7,9H2,1-3H3. The summed E-state index contributed by atoms with van der Waals surface area (Å²) in [5, 5.41) is 3.82. The van der Waals surface area contributed by atoms with Gasteiger partial charge in [0, 0.05) is 23.8 Å². The number of hydrogen-bond donors (Lipinski definition) is 1. The molecule has 0 saturated carbocycles. The molecular weight excluding hydrogens is 277 g/mol. The van der Waals surface area contributed by atoms with Gasteiger partial charge in [0.25, 0.3) is 0 Å². The Bertz CT molecular complexity index is 593. The van der Waals surface area contributed by atoms with E-state index in [9.17, 15) is 4.39 Å². The Kier molecular flexibility index (Phi) is 4.78. The highest BCUT2D eigenvalue weighted by molar-refractivity contribution is 6.31. The Morgan fingerprint density at radius 3 is 2.80 bits per heavy atom. The van der Waals surface area contributed by atoms with Gasteiger partial charge in [0.05, 0.1) is 12.2 Å². The topological polar surface area (TPSA) is 29.9 Å². The van der Waals surface area contributed by atoms with E-state index in [0.29, 0.717) is 17.6 Å². The molecule has 0 aliphatic carbocycles. The number of nitrogens with zero attached hydrogens (tertiary/aromatic N) is 2. The molecule has 5 heteroatoms. The van der Waals surface area contributed by atoms with Gasteiger partial charge in [-0.25, -0.2) is 9.37 Å². The molecule has 0 unspecified atom stereocenters. The highest BCUT2D eigenvalue weighted by Gasteiger charge is 2.10. The molecule has 0 amide bonds. The van der Waals surface area contributed by atoms with Crippen LogP contribution in [0.4, 0.5) is 4.39 Å². The van der Waals surface area contributed by atoms with Gasteiger partial charge < -0.3 is 9.88 Å². The van der Waals surface area contributed by atoms with Crippen LogP contribution >= 0.6 is 11.6 Å². The van der Waals surface area contributed by atoms with E-state index in [0.717, 1.165) is 23.6 Å². The lowest BCUT2D eigenvalue weighted by molar-refractivity contribution is 0.561. The quantitative estimate of drug-likeness (QED) is 0.914. The van der Waals surface area contributed by atoms with Gasteiger partial charge in [-0.3, -0.25) is 0 Å². The highest BCUT2D eigenvalue weighted by Crippen LogP contribution is 2.20. The number of aromatic nitrogens is 2. The minimum absolute atomic E-state index is 0.317. The SMILES string of the molecule is Cc1ncc(CNC(C)C)n1Cc1ccc(F)cc1Cl. The molecule has 0 atom stereocenters. The zero-order valence-corrected chi connectivity index (χ0v) is 12.7. The van der Waals surface area contributed by atoms with E-state index in [-0.39, 0.29) is 5.82 Å². The van der Waals surface area contributed by atoms with Gasteiger partial charge >= 0.3 is 0 Å². The number of rotatable bonds is 5. The maximum atomic E-state index is 13.1. The molecule has 0 aliphatic heterocycles. The van der Waals surface area contributed by atoms with E-state index in [1.165, 1.54) is 12.1 Å². The Morgan fingerprint density at radius 2 is 2.15 bits per heavy atom. The maximum Gasteiger partial charge on any atom is 0.124 e. The van der Waals surface area contributed by atoms with E-state index in [4.69, 9.17) is 11.6 Å². The molecule has 0 aliphatic rings. The second kappa shape index (κ2) is 6.37. The van der Waals surface area contributed by atoms with Crippen LogP contribution in [0.5, 0.6) is 0 Å². The van der Waals surface area contributed by atoms with Crippen molar-refractivity contribution in [2.24, 2.45) is 0 Å². The predicted molar refractivity (Wildman–Crippen MR) is 79.5 cm³/mol. The smallest absolute Gasteiger partial charge is 0.124 e. The number of hydrogen-bond acceptors (Lipinski definition) is 2. The Labute approximate surface area is 123 Å². The van der Waals surface area contributed by atoms with Crippen molar-refractivity contribution in [1.82, 2.24) is 14.9 Å². The molecular formula is C15H19ClFN3. The molecule has 108 valence electrons. The molecule has 1 aromatic heterocycles. The second-order valence-electron chi connectivity index (χ2n) is 5.15. The van der Waals surface area contributed by atoms with Gasteiger partial charge in [-0.05, 0) is 24.6 Å². The van der Waals surface area contributed by atoms with Crippen LogP contribution in [0.25, 0.3) is 0 Å². The number of imidazole rings is 1. The largest absolute Gasteiger partial charge is 0.327 e. The van der Waals surface area contributed by atoms with Gasteiger partial charge in [0.1, 0.15) is 11.6 Å². The van der Waals surface area contributed by atoms with E-state index in [2.05, 4.69) is 28.7 Å². The molecule has 0 bridgehead atoms. The molecule has 0 spiro atoms. The first-order valence-corrected chi connectivity index (χ1v) is 7.03. The van der Waals surface area contributed by atoms with Crippen LogP contribution in [0.2, 0.25) is 5.02 Å². The monoisotopic (exact) mass is 295 g/mol. The van der Waals surface area contributed by atoms with E-state index >= 15 is 0 Å². The van der Waals surface area contributed by atoms with Crippen molar-refractivity contribution in [2.45, 2.75) is 39.9 Å². The summed E-state index contributed by atoms with van der Waals surface area (Å²) in [4.78, 5) is 4.34. The maximum absolute atomic E-state index is 13.1. The summed E-state index contributed by atoms with van der Waals surface area (Å²) in [5.41, 5.74) is 1.98. The van der Waals surface area contributed by atoms with E-state index in [1.807, 2.05) is 13.1 Å². The third-order valence-corrected chi connectivity index (χ3v) is 3.52. The lowest BCUT2D eigenvalue weighted by Gasteiger charge is -2.13. The third kappa shape index (κ3) is 3.58. The molecule has 0 radical (unpaired) electrons. The molecule has 2 rings (SSSR count). The van der Waals surface area contributed by atoms with Crippen molar-refractivity contribution in [1.29, 1.82) is 0 Å². The summed E-state index contributed by atoms with van der Waals surface area (Å²) in [7, 11) is 0. The van der Waals surface area contributed by atoms with E-state index < -0.39 is 0 Å². The van der Waals surface area contributed by atoms with Crippen molar-refractivity contribution in [2.75, 3.05) is 0 Å². The Hall–Kier alpha value is -1.39. The highest BCUT2D eigenvalue weighted by atomic mass is 35.5. The Balaban J connectivity index is 2.22. The van der Waals surface area contributed by atoms with Gasteiger partial charge in [-0.2, -0.15) is 0 Å². The normalized spacial score (nSPS) is 11.3. The summed E-state index contributed by atoms with van der Waals surface area (Å²) in [5.74, 6) is 0.605. The Morgan fingerprint density at radius 1 is 1.40 bits per heavy atom. The molecule has 1 N–H and O–H groups in total. The molecule has 0 saturated heterocycles. The van der Waals surface area contributed by atoms with Gasteiger partial charge in [0.2, 0.25) is 0 Å². The third-order valence-electron chi connectivity index (χ3n) is 3.17. The van der Waals surface area contributed by atoms with Crippen LogP contribution in [0.1, 0.15) is 30.9 Å². The van der Waals surface area contributed by atoms with Crippen LogP contribution in [-0.2, 0) is 13.1 Å². The van der Waals surface area contributed by atoms with Crippen molar-refractivity contribution < 1.29 is 4.39 Å². The fraction of sp³-hybridized carbons (Fsp3) is 0.400.